The van der Waals surface area contributed by atoms with Gasteiger partial charge in [-0.3, -0.25) is 0 Å². The zero-order chi connectivity index (χ0) is 15.2. The van der Waals surface area contributed by atoms with E-state index in [-0.39, 0.29) is 6.04 Å². The van der Waals surface area contributed by atoms with Crippen molar-refractivity contribution in [3.8, 4) is 5.88 Å². The normalized spacial score (nSPS) is 12.2. The van der Waals surface area contributed by atoms with Crippen LogP contribution >= 0.6 is 23.2 Å². The summed E-state index contributed by atoms with van der Waals surface area (Å²) in [4.78, 5) is 4.20. The smallest absolute Gasteiger partial charge is 0.217 e. The van der Waals surface area contributed by atoms with Crippen LogP contribution in [0.5, 0.6) is 5.88 Å². The lowest BCUT2D eigenvalue weighted by Crippen LogP contribution is -2.21. The molecule has 21 heavy (non-hydrogen) atoms. The van der Waals surface area contributed by atoms with E-state index in [1.807, 2.05) is 24.3 Å². The van der Waals surface area contributed by atoms with Gasteiger partial charge in [-0.05, 0) is 30.2 Å². The lowest BCUT2D eigenvalue weighted by Gasteiger charge is -2.19. The fourth-order valence-corrected chi connectivity index (χ4v) is 2.77. The van der Waals surface area contributed by atoms with Crippen molar-refractivity contribution in [1.29, 1.82) is 0 Å². The van der Waals surface area contributed by atoms with Crippen molar-refractivity contribution in [1.82, 2.24) is 10.3 Å². The highest BCUT2D eigenvalue weighted by atomic mass is 35.5. The predicted octanol–water partition coefficient (Wildman–Crippen LogP) is 4.64. The second-order valence-electron chi connectivity index (χ2n) is 4.68. The molecule has 5 heteroatoms. The van der Waals surface area contributed by atoms with Gasteiger partial charge in [-0.25, -0.2) is 4.98 Å². The zero-order valence-electron chi connectivity index (χ0n) is 12.1. The van der Waals surface area contributed by atoms with E-state index in [2.05, 4.69) is 17.2 Å². The van der Waals surface area contributed by atoms with Crippen molar-refractivity contribution in [2.24, 2.45) is 0 Å². The summed E-state index contributed by atoms with van der Waals surface area (Å²) < 4.78 is 5.26. The minimum absolute atomic E-state index is 0.152. The Bertz CT molecular complexity index is 605. The molecule has 0 radical (unpaired) electrons. The van der Waals surface area contributed by atoms with Crippen molar-refractivity contribution in [2.45, 2.75) is 25.9 Å². The summed E-state index contributed by atoms with van der Waals surface area (Å²) in [5.74, 6) is 0.641. The van der Waals surface area contributed by atoms with E-state index in [1.165, 1.54) is 0 Å². The average Bonchev–Trinajstić information content (AvgIpc) is 2.50. The molecule has 1 heterocycles. The first-order chi connectivity index (χ1) is 10.2. The zero-order valence-corrected chi connectivity index (χ0v) is 13.6. The first kappa shape index (κ1) is 16.1. The molecule has 0 aliphatic carbocycles. The quantitative estimate of drug-likeness (QED) is 0.840. The lowest BCUT2D eigenvalue weighted by atomic mass is 10.0. The number of nitrogens with one attached hydrogen (secondary N) is 1. The number of aromatic nitrogens is 1. The maximum Gasteiger partial charge on any atom is 0.217 e. The molecule has 1 aromatic carbocycles. The molecular weight excluding hydrogens is 307 g/mol. The summed E-state index contributed by atoms with van der Waals surface area (Å²) in [5.41, 5.74) is 2.06. The first-order valence-electron chi connectivity index (χ1n) is 6.82. The van der Waals surface area contributed by atoms with Crippen LogP contribution in [0.2, 0.25) is 10.0 Å². The van der Waals surface area contributed by atoms with Crippen molar-refractivity contribution >= 4 is 23.2 Å². The molecule has 3 nitrogen and oxygen atoms in total. The second kappa shape index (κ2) is 7.64. The van der Waals surface area contributed by atoms with Crippen LogP contribution in [0.1, 0.15) is 30.5 Å². The van der Waals surface area contributed by atoms with E-state index >= 15 is 0 Å². The van der Waals surface area contributed by atoms with Crippen LogP contribution in [-0.4, -0.2) is 12.1 Å². The molecule has 0 bridgehead atoms. The van der Waals surface area contributed by atoms with Crippen LogP contribution in [0.15, 0.2) is 36.5 Å². The van der Waals surface area contributed by atoms with Gasteiger partial charge in [0.05, 0.1) is 7.11 Å². The number of benzene rings is 1. The largest absolute Gasteiger partial charge is 0.481 e. The highest BCUT2D eigenvalue weighted by Gasteiger charge is 2.14. The highest BCUT2D eigenvalue weighted by Crippen LogP contribution is 2.28. The van der Waals surface area contributed by atoms with Crippen molar-refractivity contribution in [3.63, 3.8) is 0 Å². The van der Waals surface area contributed by atoms with E-state index in [1.54, 1.807) is 19.4 Å². The van der Waals surface area contributed by atoms with E-state index in [0.29, 0.717) is 22.5 Å². The Morgan fingerprint density at radius 3 is 2.76 bits per heavy atom. The van der Waals surface area contributed by atoms with E-state index < -0.39 is 0 Å². The standard InChI is InChI=1S/C16H18Cl2N2O/c1-3-15(13-7-6-12(17)9-14(13)18)20-10-11-5-4-8-19-16(11)21-2/h4-9,15,20H,3,10H2,1-2H3. The fourth-order valence-electron chi connectivity index (χ4n) is 2.23. The molecule has 0 aliphatic rings. The molecule has 0 saturated heterocycles. The van der Waals surface area contributed by atoms with Gasteiger partial charge < -0.3 is 10.1 Å². The third-order valence-electron chi connectivity index (χ3n) is 3.33. The number of methoxy groups -OCH3 is 1. The highest BCUT2D eigenvalue weighted by molar-refractivity contribution is 6.35. The minimum atomic E-state index is 0.152. The molecule has 0 aliphatic heterocycles. The number of pyridine rings is 1. The monoisotopic (exact) mass is 324 g/mol. The number of nitrogens with zero attached hydrogens (tertiary/aromatic N) is 1. The van der Waals surface area contributed by atoms with Gasteiger partial charge in [-0.1, -0.05) is 42.3 Å². The summed E-state index contributed by atoms with van der Waals surface area (Å²) >= 11 is 12.2. The maximum absolute atomic E-state index is 6.28. The van der Waals surface area contributed by atoms with E-state index in [0.717, 1.165) is 17.5 Å². The Balaban J connectivity index is 2.12. The van der Waals surface area contributed by atoms with Gasteiger partial charge in [-0.2, -0.15) is 0 Å². The summed E-state index contributed by atoms with van der Waals surface area (Å²) in [6, 6.07) is 9.64. The molecule has 1 unspecified atom stereocenters. The molecule has 1 N–H and O–H groups in total. The molecule has 1 aromatic heterocycles. The van der Waals surface area contributed by atoms with Crippen LogP contribution in [0.25, 0.3) is 0 Å². The van der Waals surface area contributed by atoms with Gasteiger partial charge in [0.15, 0.2) is 0 Å². The SMILES string of the molecule is CCC(NCc1cccnc1OC)c1ccc(Cl)cc1Cl. The van der Waals surface area contributed by atoms with Crippen molar-refractivity contribution in [2.75, 3.05) is 7.11 Å². The number of hydrogen-bond donors (Lipinski definition) is 1. The predicted molar refractivity (Wildman–Crippen MR) is 87.1 cm³/mol. The van der Waals surface area contributed by atoms with Gasteiger partial charge in [0.25, 0.3) is 0 Å². The number of rotatable bonds is 6. The van der Waals surface area contributed by atoms with Gasteiger partial charge >= 0.3 is 0 Å². The molecule has 0 fully saturated rings. The number of hydrogen-bond acceptors (Lipinski definition) is 3. The molecule has 2 rings (SSSR count). The third kappa shape index (κ3) is 4.10. The van der Waals surface area contributed by atoms with Gasteiger partial charge in [0.1, 0.15) is 0 Å². The van der Waals surface area contributed by atoms with Crippen molar-refractivity contribution < 1.29 is 4.74 Å². The number of halogens is 2. The van der Waals surface area contributed by atoms with Crippen LogP contribution in [0.4, 0.5) is 0 Å². The van der Waals surface area contributed by atoms with Gasteiger partial charge in [0.2, 0.25) is 5.88 Å². The Kier molecular flexibility index (Phi) is 5.85. The third-order valence-corrected chi connectivity index (χ3v) is 3.89. The Morgan fingerprint density at radius 1 is 1.29 bits per heavy atom. The Morgan fingerprint density at radius 2 is 2.10 bits per heavy atom. The minimum Gasteiger partial charge on any atom is -0.481 e. The summed E-state index contributed by atoms with van der Waals surface area (Å²) in [6.07, 6.45) is 2.64. The van der Waals surface area contributed by atoms with Crippen LogP contribution in [-0.2, 0) is 6.54 Å². The van der Waals surface area contributed by atoms with Crippen LogP contribution in [0, 0.1) is 0 Å². The van der Waals surface area contributed by atoms with E-state index in [9.17, 15) is 0 Å². The topological polar surface area (TPSA) is 34.2 Å². The van der Waals surface area contributed by atoms with Gasteiger partial charge in [-0.15, -0.1) is 0 Å². The molecule has 2 aromatic rings. The summed E-state index contributed by atoms with van der Waals surface area (Å²) in [5, 5.41) is 4.82. The van der Waals surface area contributed by atoms with E-state index in [4.69, 9.17) is 27.9 Å². The maximum atomic E-state index is 6.28. The van der Waals surface area contributed by atoms with Crippen molar-refractivity contribution in [3.05, 3.63) is 57.7 Å². The second-order valence-corrected chi connectivity index (χ2v) is 5.52. The molecule has 0 amide bonds. The first-order valence-corrected chi connectivity index (χ1v) is 7.57. The molecule has 112 valence electrons. The summed E-state index contributed by atoms with van der Waals surface area (Å²) in [7, 11) is 1.62. The van der Waals surface area contributed by atoms with Crippen LogP contribution in [0.3, 0.4) is 0 Å². The molecule has 1 atom stereocenters. The summed E-state index contributed by atoms with van der Waals surface area (Å²) in [6.45, 7) is 2.78. The fraction of sp³-hybridized carbons (Fsp3) is 0.312. The Labute approximate surface area is 135 Å². The van der Waals surface area contributed by atoms with Gasteiger partial charge in [0, 0.05) is 34.4 Å². The molecule has 0 saturated carbocycles. The molecule has 0 spiro atoms. The number of ether oxygens (including phenoxy) is 1. The average molecular weight is 325 g/mol. The lowest BCUT2D eigenvalue weighted by molar-refractivity contribution is 0.388. The Hall–Kier alpha value is -1.29. The van der Waals surface area contributed by atoms with Crippen LogP contribution < -0.4 is 10.1 Å². The molecular formula is C16H18Cl2N2O.